The van der Waals surface area contributed by atoms with Gasteiger partial charge in [-0.05, 0) is 41.7 Å². The van der Waals surface area contributed by atoms with Crippen LogP contribution in [-0.2, 0) is 0 Å². The van der Waals surface area contributed by atoms with E-state index in [0.29, 0.717) is 0 Å². The van der Waals surface area contributed by atoms with E-state index in [1.54, 1.807) is 16.5 Å². The molecule has 0 bridgehead atoms. The monoisotopic (exact) mass is 597 g/mol. The minimum Gasteiger partial charge on any atom is -0.0654 e. The van der Waals surface area contributed by atoms with Crippen molar-refractivity contribution >= 4 is 16.5 Å². The van der Waals surface area contributed by atoms with Gasteiger partial charge in [0.15, 0.2) is 0 Å². The van der Waals surface area contributed by atoms with Crippen LogP contribution in [0.3, 0.4) is 0 Å². The van der Waals surface area contributed by atoms with Crippen LogP contribution in [0.2, 0.25) is 0 Å². The molecule has 0 heterocycles. The van der Waals surface area contributed by atoms with E-state index < -0.39 is 0 Å². The van der Waals surface area contributed by atoms with Crippen molar-refractivity contribution in [2.24, 2.45) is 0 Å². The Morgan fingerprint density at radius 3 is 0.525 bits per heavy atom. The highest BCUT2D eigenvalue weighted by Crippen LogP contribution is 2.38. The van der Waals surface area contributed by atoms with Gasteiger partial charge in [0.25, 0.3) is 0 Å². The standard InChI is InChI=1S/C38H78P2/c1-3-5-7-9-11-13-15-17-19-21-23-25-27-29-31-33-35-37-39-40-38-36-34-32-30-28-26-24-22-20-18-16-14-12-10-8-6-4-2/h3-38H2,1-2H3. The van der Waals surface area contributed by atoms with Crippen molar-refractivity contribution in [1.29, 1.82) is 0 Å². The van der Waals surface area contributed by atoms with Gasteiger partial charge in [-0.1, -0.05) is 219 Å². The molecule has 0 saturated carbocycles. The summed E-state index contributed by atoms with van der Waals surface area (Å²) in [4.78, 5) is 0. The third-order valence-electron chi connectivity index (χ3n) is 8.82. The van der Waals surface area contributed by atoms with Gasteiger partial charge in [-0.3, -0.25) is 0 Å². The molecule has 0 saturated heterocycles. The topological polar surface area (TPSA) is 0 Å². The first-order chi connectivity index (χ1) is 19.9. The van der Waals surface area contributed by atoms with Gasteiger partial charge in [0.2, 0.25) is 0 Å². The zero-order chi connectivity index (χ0) is 28.9. The molecule has 0 aliphatic carbocycles. The Hall–Kier alpha value is 0.860. The van der Waals surface area contributed by atoms with Gasteiger partial charge in [-0.25, -0.2) is 0 Å². The Kier molecular flexibility index (Phi) is 40.7. The van der Waals surface area contributed by atoms with Gasteiger partial charge in [-0.2, -0.15) is 0 Å². The van der Waals surface area contributed by atoms with Crippen LogP contribution in [0, 0.1) is 0 Å². The van der Waals surface area contributed by atoms with E-state index >= 15 is 0 Å². The van der Waals surface area contributed by atoms with Crippen LogP contribution in [0.1, 0.15) is 232 Å². The summed E-state index contributed by atoms with van der Waals surface area (Å²) in [5, 5.41) is 0. The van der Waals surface area contributed by atoms with E-state index in [2.05, 4.69) is 13.8 Å². The number of hydrogen-bond donors (Lipinski definition) is 0. The van der Waals surface area contributed by atoms with Crippen LogP contribution < -0.4 is 0 Å². The minimum absolute atomic E-state index is 1.37. The SMILES string of the molecule is CCCCCCCCCCCCCCCCCCC[P][P]CCCCCCCCCCCCCCCCCCC. The molecule has 2 heteroatoms. The van der Waals surface area contributed by atoms with E-state index in [1.807, 2.05) is 0 Å². The molecule has 0 nitrogen and oxygen atoms in total. The van der Waals surface area contributed by atoms with Gasteiger partial charge < -0.3 is 0 Å². The highest BCUT2D eigenvalue weighted by Gasteiger charge is 1.98. The predicted octanol–water partition coefficient (Wildman–Crippen LogP) is 16.1. The second-order valence-electron chi connectivity index (χ2n) is 13.0. The molecule has 0 rings (SSSR count). The number of unbranched alkanes of at least 4 members (excludes halogenated alkanes) is 32. The second-order valence-corrected chi connectivity index (χ2v) is 16.2. The Morgan fingerprint density at radius 2 is 0.350 bits per heavy atom. The molecular formula is C38H78P2. The largest absolute Gasteiger partial charge is 0.0654 e. The zero-order valence-corrected chi connectivity index (χ0v) is 30.1. The van der Waals surface area contributed by atoms with Gasteiger partial charge in [-0.15, -0.1) is 0 Å². The lowest BCUT2D eigenvalue weighted by atomic mass is 10.0. The molecule has 0 aromatic heterocycles. The summed E-state index contributed by atoms with van der Waals surface area (Å²) in [6.45, 7) is 4.62. The molecule has 0 fully saturated rings. The molecule has 0 spiro atoms. The van der Waals surface area contributed by atoms with Crippen LogP contribution >= 0.6 is 16.5 Å². The number of rotatable bonds is 37. The molecule has 0 aromatic carbocycles. The van der Waals surface area contributed by atoms with Crippen LogP contribution in [0.25, 0.3) is 0 Å². The summed E-state index contributed by atoms with van der Waals surface area (Å²) in [5.74, 6) is 0. The maximum atomic E-state index is 2.31. The van der Waals surface area contributed by atoms with Crippen LogP contribution in [0.15, 0.2) is 0 Å². The van der Waals surface area contributed by atoms with Gasteiger partial charge in [0, 0.05) is 0 Å². The first-order valence-corrected chi connectivity index (χ1v) is 22.1. The Morgan fingerprint density at radius 1 is 0.200 bits per heavy atom. The van der Waals surface area contributed by atoms with Crippen molar-refractivity contribution < 1.29 is 0 Å². The van der Waals surface area contributed by atoms with Gasteiger partial charge >= 0.3 is 0 Å². The predicted molar refractivity (Wildman–Crippen MR) is 192 cm³/mol. The summed E-state index contributed by atoms with van der Waals surface area (Å²) in [5.41, 5.74) is 0. The van der Waals surface area contributed by atoms with Crippen LogP contribution in [0.4, 0.5) is 0 Å². The van der Waals surface area contributed by atoms with Crippen molar-refractivity contribution in [3.05, 3.63) is 0 Å². The normalized spacial score (nSPS) is 12.2. The Balaban J connectivity index is 3.01. The molecule has 0 amide bonds. The summed E-state index contributed by atoms with van der Waals surface area (Å²) < 4.78 is 0. The fourth-order valence-electron chi connectivity index (χ4n) is 5.96. The van der Waals surface area contributed by atoms with E-state index in [9.17, 15) is 0 Å². The minimum atomic E-state index is 1.37. The quantitative estimate of drug-likeness (QED) is 0.0494. The third kappa shape index (κ3) is 38.9. The highest BCUT2D eigenvalue weighted by molar-refractivity contribution is 8.11. The molecular weight excluding hydrogens is 518 g/mol. The molecule has 0 atom stereocenters. The average Bonchev–Trinajstić information content (AvgIpc) is 2.97. The van der Waals surface area contributed by atoms with Crippen LogP contribution in [0.5, 0.6) is 0 Å². The average molecular weight is 597 g/mol. The summed E-state index contributed by atoms with van der Waals surface area (Å²) in [6, 6.07) is 0. The lowest BCUT2D eigenvalue weighted by Gasteiger charge is -2.04. The fraction of sp³-hybridized carbons (Fsp3) is 1.00. The van der Waals surface area contributed by atoms with Crippen molar-refractivity contribution in [2.45, 2.75) is 232 Å². The Labute approximate surface area is 260 Å². The summed E-state index contributed by atoms with van der Waals surface area (Å²) in [7, 11) is 3.43. The summed E-state index contributed by atoms with van der Waals surface area (Å²) in [6.07, 6.45) is 53.2. The molecule has 0 aliphatic heterocycles. The van der Waals surface area contributed by atoms with Crippen molar-refractivity contribution in [3.8, 4) is 0 Å². The lowest BCUT2D eigenvalue weighted by molar-refractivity contribution is 0.529. The molecule has 240 valence electrons. The fourth-order valence-corrected chi connectivity index (χ4v) is 8.67. The van der Waals surface area contributed by atoms with E-state index in [-0.39, 0.29) is 0 Å². The maximum absolute atomic E-state index is 2.31. The van der Waals surface area contributed by atoms with Crippen molar-refractivity contribution in [3.63, 3.8) is 0 Å². The second kappa shape index (κ2) is 39.9. The molecule has 0 aromatic rings. The van der Waals surface area contributed by atoms with Crippen LogP contribution in [-0.4, -0.2) is 12.3 Å². The molecule has 0 aliphatic rings. The Bertz CT molecular complexity index is 372. The molecule has 40 heavy (non-hydrogen) atoms. The van der Waals surface area contributed by atoms with E-state index in [4.69, 9.17) is 0 Å². The number of hydrogen-bond acceptors (Lipinski definition) is 0. The smallest absolute Gasteiger partial charge is 0.0242 e. The van der Waals surface area contributed by atoms with Gasteiger partial charge in [0.05, 0.1) is 0 Å². The molecule has 2 radical (unpaired) electrons. The molecule has 0 unspecified atom stereocenters. The van der Waals surface area contributed by atoms with Crippen molar-refractivity contribution in [2.75, 3.05) is 12.3 Å². The van der Waals surface area contributed by atoms with E-state index in [0.717, 1.165) is 0 Å². The molecule has 0 N–H and O–H groups in total. The highest BCUT2D eigenvalue weighted by atomic mass is 32.0. The first kappa shape index (κ1) is 40.9. The van der Waals surface area contributed by atoms with Gasteiger partial charge in [0.1, 0.15) is 0 Å². The third-order valence-corrected chi connectivity index (χ3v) is 11.9. The summed E-state index contributed by atoms with van der Waals surface area (Å²) >= 11 is 0. The zero-order valence-electron chi connectivity index (χ0n) is 28.4. The first-order valence-electron chi connectivity index (χ1n) is 19.2. The van der Waals surface area contributed by atoms with Crippen molar-refractivity contribution in [1.82, 2.24) is 0 Å². The lowest BCUT2D eigenvalue weighted by Crippen LogP contribution is -1.84. The van der Waals surface area contributed by atoms with E-state index in [1.165, 1.54) is 231 Å². The maximum Gasteiger partial charge on any atom is -0.0242 e.